The van der Waals surface area contributed by atoms with Crippen molar-refractivity contribution in [2.24, 2.45) is 5.73 Å². The topological polar surface area (TPSA) is 38.9 Å². The van der Waals surface area contributed by atoms with Gasteiger partial charge in [-0.1, -0.05) is 41.9 Å². The van der Waals surface area contributed by atoms with Gasteiger partial charge in [0.15, 0.2) is 0 Å². The third-order valence-electron chi connectivity index (χ3n) is 2.89. The molecule has 1 heterocycles. The van der Waals surface area contributed by atoms with Gasteiger partial charge in [0.2, 0.25) is 0 Å². The number of nitrogens with zero attached hydrogens (tertiary/aromatic N) is 1. The lowest BCUT2D eigenvalue weighted by atomic mass is 10.1. The van der Waals surface area contributed by atoms with E-state index in [0.717, 1.165) is 20.7 Å². The lowest BCUT2D eigenvalue weighted by molar-refractivity contribution is 0.793. The van der Waals surface area contributed by atoms with Crippen molar-refractivity contribution in [3.05, 3.63) is 49.9 Å². The summed E-state index contributed by atoms with van der Waals surface area (Å²) >= 11 is 5.21. The molecule has 96 valence electrons. The van der Waals surface area contributed by atoms with E-state index in [-0.39, 0.29) is 6.04 Å². The Hall–Kier alpha value is -0.710. The first-order chi connectivity index (χ1) is 8.49. The molecule has 0 amide bonds. The maximum Gasteiger partial charge on any atom is 0.114 e. The zero-order valence-electron chi connectivity index (χ0n) is 10.8. The predicted molar refractivity (Wildman–Crippen MR) is 81.1 cm³/mol. The van der Waals surface area contributed by atoms with Crippen molar-refractivity contribution in [3.8, 4) is 0 Å². The van der Waals surface area contributed by atoms with Crippen molar-refractivity contribution in [1.82, 2.24) is 4.98 Å². The molecule has 2 N–H and O–H groups in total. The molecule has 2 aromatic rings. The van der Waals surface area contributed by atoms with E-state index in [2.05, 4.69) is 65.3 Å². The van der Waals surface area contributed by atoms with Crippen LogP contribution in [0, 0.1) is 6.92 Å². The van der Waals surface area contributed by atoms with Gasteiger partial charge in [-0.2, -0.15) is 0 Å². The number of aromatic nitrogens is 1. The van der Waals surface area contributed by atoms with E-state index in [1.165, 1.54) is 5.56 Å². The van der Waals surface area contributed by atoms with E-state index in [1.54, 1.807) is 11.3 Å². The van der Waals surface area contributed by atoms with Crippen molar-refractivity contribution in [2.45, 2.75) is 32.7 Å². The van der Waals surface area contributed by atoms with Crippen LogP contribution in [0.3, 0.4) is 0 Å². The van der Waals surface area contributed by atoms with E-state index in [0.29, 0.717) is 5.92 Å². The van der Waals surface area contributed by atoms with Crippen LogP contribution >= 0.6 is 27.3 Å². The lowest BCUT2D eigenvalue weighted by Gasteiger charge is -2.12. The molecule has 0 aliphatic carbocycles. The van der Waals surface area contributed by atoms with E-state index in [1.807, 2.05) is 0 Å². The Kier molecular flexibility index (Phi) is 4.20. The summed E-state index contributed by atoms with van der Waals surface area (Å²) in [5.41, 5.74) is 9.73. The van der Waals surface area contributed by atoms with Crippen LogP contribution in [0.4, 0.5) is 0 Å². The molecule has 1 unspecified atom stereocenters. The highest BCUT2D eigenvalue weighted by Crippen LogP contribution is 2.30. The minimum Gasteiger partial charge on any atom is -0.318 e. The Morgan fingerprint density at radius 3 is 2.61 bits per heavy atom. The smallest absolute Gasteiger partial charge is 0.114 e. The largest absolute Gasteiger partial charge is 0.318 e. The molecule has 1 atom stereocenters. The Bertz CT molecular complexity index is 548. The first kappa shape index (κ1) is 13.7. The van der Waals surface area contributed by atoms with Crippen LogP contribution in [0.1, 0.15) is 47.6 Å². The zero-order valence-corrected chi connectivity index (χ0v) is 13.2. The second-order valence-electron chi connectivity index (χ2n) is 4.77. The maximum atomic E-state index is 6.30. The number of rotatable bonds is 3. The van der Waals surface area contributed by atoms with Gasteiger partial charge in [0.05, 0.1) is 11.7 Å². The molecule has 0 aliphatic rings. The molecule has 2 rings (SSSR count). The normalized spacial score (nSPS) is 13.0. The number of thiazole rings is 1. The van der Waals surface area contributed by atoms with Crippen LogP contribution in [0.2, 0.25) is 0 Å². The molecule has 1 aromatic carbocycles. The van der Waals surface area contributed by atoms with Crippen molar-refractivity contribution < 1.29 is 0 Å². The molecule has 2 nitrogen and oxygen atoms in total. The van der Waals surface area contributed by atoms with Crippen LogP contribution in [0.5, 0.6) is 0 Å². The highest BCUT2D eigenvalue weighted by atomic mass is 79.9. The van der Waals surface area contributed by atoms with Crippen molar-refractivity contribution >= 4 is 27.3 Å². The molecule has 0 bridgehead atoms. The first-order valence-corrected chi connectivity index (χ1v) is 7.63. The standard InChI is InChI=1S/C14H17BrN2S/c1-8(2)12-7-18-14(17-12)13(16)10-5-4-9(3)6-11(10)15/h4-8,13H,16H2,1-3H3. The van der Waals surface area contributed by atoms with E-state index in [4.69, 9.17) is 5.73 Å². The lowest BCUT2D eigenvalue weighted by Crippen LogP contribution is -2.12. The van der Waals surface area contributed by atoms with Gasteiger partial charge in [-0.15, -0.1) is 11.3 Å². The fourth-order valence-electron chi connectivity index (χ4n) is 1.73. The van der Waals surface area contributed by atoms with Crippen LogP contribution in [0.25, 0.3) is 0 Å². The molecule has 0 aliphatic heterocycles. The summed E-state index contributed by atoms with van der Waals surface area (Å²) in [4.78, 5) is 4.62. The first-order valence-electron chi connectivity index (χ1n) is 5.96. The highest BCUT2D eigenvalue weighted by Gasteiger charge is 2.16. The summed E-state index contributed by atoms with van der Waals surface area (Å²) in [5, 5.41) is 3.07. The minimum absolute atomic E-state index is 0.155. The second kappa shape index (κ2) is 5.51. The number of halogens is 1. The van der Waals surface area contributed by atoms with Gasteiger partial charge in [0.1, 0.15) is 5.01 Å². The van der Waals surface area contributed by atoms with Gasteiger partial charge in [0.25, 0.3) is 0 Å². The van der Waals surface area contributed by atoms with Gasteiger partial charge < -0.3 is 5.73 Å². The number of benzene rings is 1. The number of aryl methyl sites for hydroxylation is 1. The Labute approximate surface area is 120 Å². The Balaban J connectivity index is 2.32. The SMILES string of the molecule is Cc1ccc(C(N)c2nc(C(C)C)cs2)c(Br)c1. The molecule has 4 heteroatoms. The van der Waals surface area contributed by atoms with Crippen molar-refractivity contribution in [3.63, 3.8) is 0 Å². The fraction of sp³-hybridized carbons (Fsp3) is 0.357. The van der Waals surface area contributed by atoms with Crippen LogP contribution in [0.15, 0.2) is 28.1 Å². The van der Waals surface area contributed by atoms with Crippen LogP contribution in [-0.4, -0.2) is 4.98 Å². The summed E-state index contributed by atoms with van der Waals surface area (Å²) in [6.07, 6.45) is 0. The summed E-state index contributed by atoms with van der Waals surface area (Å²) < 4.78 is 1.05. The number of hydrogen-bond donors (Lipinski definition) is 1. The average Bonchev–Trinajstić information content (AvgIpc) is 2.77. The van der Waals surface area contributed by atoms with Gasteiger partial charge in [-0.3, -0.25) is 0 Å². The predicted octanol–water partition coefficient (Wildman–Crippen LogP) is 4.39. The molecular weight excluding hydrogens is 308 g/mol. The Morgan fingerprint density at radius 1 is 1.33 bits per heavy atom. The van der Waals surface area contributed by atoms with Crippen molar-refractivity contribution in [2.75, 3.05) is 0 Å². The zero-order chi connectivity index (χ0) is 13.3. The maximum absolute atomic E-state index is 6.30. The molecule has 0 radical (unpaired) electrons. The third-order valence-corrected chi connectivity index (χ3v) is 4.52. The molecule has 0 spiro atoms. The van der Waals surface area contributed by atoms with E-state index < -0.39 is 0 Å². The highest BCUT2D eigenvalue weighted by molar-refractivity contribution is 9.10. The van der Waals surface area contributed by atoms with Crippen LogP contribution < -0.4 is 5.73 Å². The molecule has 0 fully saturated rings. The summed E-state index contributed by atoms with van der Waals surface area (Å²) in [6, 6.07) is 6.08. The number of nitrogens with two attached hydrogens (primary N) is 1. The fourth-order valence-corrected chi connectivity index (χ4v) is 3.46. The summed E-state index contributed by atoms with van der Waals surface area (Å²) in [5.74, 6) is 0.448. The third kappa shape index (κ3) is 2.82. The minimum atomic E-state index is -0.155. The summed E-state index contributed by atoms with van der Waals surface area (Å²) in [6.45, 7) is 6.36. The van der Waals surface area contributed by atoms with Gasteiger partial charge in [-0.05, 0) is 30.0 Å². The molecule has 0 saturated heterocycles. The van der Waals surface area contributed by atoms with Gasteiger partial charge in [0, 0.05) is 9.85 Å². The molecular formula is C14H17BrN2S. The number of hydrogen-bond acceptors (Lipinski definition) is 3. The Morgan fingerprint density at radius 2 is 2.06 bits per heavy atom. The van der Waals surface area contributed by atoms with E-state index >= 15 is 0 Å². The second-order valence-corrected chi connectivity index (χ2v) is 6.51. The molecule has 0 saturated carbocycles. The molecule has 1 aromatic heterocycles. The quantitative estimate of drug-likeness (QED) is 0.909. The molecule has 18 heavy (non-hydrogen) atoms. The van der Waals surface area contributed by atoms with Crippen LogP contribution in [-0.2, 0) is 0 Å². The van der Waals surface area contributed by atoms with Gasteiger partial charge in [-0.25, -0.2) is 4.98 Å². The van der Waals surface area contributed by atoms with E-state index in [9.17, 15) is 0 Å². The van der Waals surface area contributed by atoms with Crippen molar-refractivity contribution in [1.29, 1.82) is 0 Å². The average molecular weight is 325 g/mol. The summed E-state index contributed by atoms with van der Waals surface area (Å²) in [7, 11) is 0. The van der Waals surface area contributed by atoms with Gasteiger partial charge >= 0.3 is 0 Å². The monoisotopic (exact) mass is 324 g/mol.